The number of benzene rings is 7. The van der Waals surface area contributed by atoms with Gasteiger partial charge in [0.2, 0.25) is 0 Å². The van der Waals surface area contributed by atoms with Crippen molar-refractivity contribution in [3.05, 3.63) is 218 Å². The van der Waals surface area contributed by atoms with Gasteiger partial charge >= 0.3 is 0 Å². The Bertz CT molecular complexity index is 2480. The van der Waals surface area contributed by atoms with Crippen LogP contribution in [0.1, 0.15) is 25.0 Å². The van der Waals surface area contributed by atoms with E-state index in [-0.39, 0.29) is 25.5 Å². The Morgan fingerprint density at radius 2 is 0.830 bits per heavy atom. The fourth-order valence-corrected chi connectivity index (χ4v) is 7.11. The topological polar surface area (TPSA) is 3.88 Å². The van der Waals surface area contributed by atoms with Crippen LogP contribution in [0.25, 0.3) is 66.9 Å². The van der Waals surface area contributed by atoms with E-state index in [1.807, 2.05) is 29.0 Å². The number of hydrogen-bond acceptors (Lipinski definition) is 0. The minimum atomic E-state index is -0.0614. The second kappa shape index (κ2) is 15.4. The fourth-order valence-electron chi connectivity index (χ4n) is 7.11. The molecule has 0 aliphatic rings. The van der Waals surface area contributed by atoms with Crippen molar-refractivity contribution >= 4 is 0 Å². The van der Waals surface area contributed by atoms with E-state index >= 15 is 0 Å². The molecule has 0 saturated heterocycles. The zero-order chi connectivity index (χ0) is 35.5. The summed E-state index contributed by atoms with van der Waals surface area (Å²) >= 11 is 0. The second-order valence-electron chi connectivity index (χ2n) is 13.9. The van der Waals surface area contributed by atoms with Crippen LogP contribution in [-0.2, 0) is 25.5 Å². The predicted molar refractivity (Wildman–Crippen MR) is 217 cm³/mol. The normalized spacial score (nSPS) is 11.1. The summed E-state index contributed by atoms with van der Waals surface area (Å²) in [5.74, 6) is 0. The van der Waals surface area contributed by atoms with Crippen LogP contribution in [-0.4, -0.2) is 0 Å². The number of pyridine rings is 1. The van der Waals surface area contributed by atoms with E-state index in [0.29, 0.717) is 0 Å². The molecule has 0 fully saturated rings. The summed E-state index contributed by atoms with van der Waals surface area (Å²) in [4.78, 5) is 0. The van der Waals surface area contributed by atoms with Crippen molar-refractivity contribution in [1.82, 2.24) is 0 Å². The summed E-state index contributed by atoms with van der Waals surface area (Å²) in [6, 6.07) is 71.0. The van der Waals surface area contributed by atoms with Gasteiger partial charge in [0, 0.05) is 32.6 Å². The Balaban J connectivity index is 0.00000435. The first-order valence-corrected chi connectivity index (χ1v) is 17.8. The van der Waals surface area contributed by atoms with Crippen molar-refractivity contribution in [2.45, 2.75) is 19.3 Å². The molecule has 0 spiro atoms. The van der Waals surface area contributed by atoms with Crippen LogP contribution in [0.2, 0.25) is 0 Å². The Morgan fingerprint density at radius 1 is 0.415 bits per heavy atom. The monoisotopic (exact) mass is 859 g/mol. The molecule has 0 aliphatic heterocycles. The van der Waals surface area contributed by atoms with E-state index in [1.54, 1.807) is 0 Å². The molecule has 0 unspecified atom stereocenters. The van der Waals surface area contributed by atoms with Gasteiger partial charge in [0.1, 0.15) is 5.69 Å². The summed E-state index contributed by atoms with van der Waals surface area (Å²) in [6.07, 6.45) is 1.96. The van der Waals surface area contributed by atoms with Crippen LogP contribution in [0, 0.1) is 13.1 Å². The molecule has 0 atom stereocenters. The van der Waals surface area contributed by atoms with Gasteiger partial charge in [0.15, 0.2) is 0 Å². The van der Waals surface area contributed by atoms with E-state index in [1.165, 1.54) is 61.2 Å². The van der Waals surface area contributed by atoms with Gasteiger partial charge in [-0.1, -0.05) is 165 Å². The van der Waals surface area contributed by atoms with Crippen LogP contribution >= 0.6 is 0 Å². The quantitative estimate of drug-likeness (QED) is 0.106. The first kappa shape index (κ1) is 35.6. The molecule has 0 amide bonds. The second-order valence-corrected chi connectivity index (χ2v) is 13.9. The molecular weight excluding hydrogens is 819 g/mol. The van der Waals surface area contributed by atoms with Gasteiger partial charge in [-0.25, -0.2) is 0 Å². The summed E-state index contributed by atoms with van der Waals surface area (Å²) < 4.78 is 1.88. The van der Waals surface area contributed by atoms with Crippen molar-refractivity contribution in [2.75, 3.05) is 0 Å². The molecule has 0 N–H and O–H groups in total. The first-order valence-electron chi connectivity index (χ1n) is 17.8. The standard InChI is InChI=1S/C51H40N.Ir/c1-51(2,48-21-5-4-6-22-48)49-30-28-39(29-31-49)41-14-10-17-44(34-41)46-19-11-18-45(35-46)43-16-9-13-40(33-43)37-24-26-38(27-25-37)42-15-12-20-47(36-42)50-23-7-8-32-52(50)3;/h4-19,21-36H,3H2,1-2H3;/q-1;. The molecular formula is C51H40IrN-. The number of aromatic nitrogens is 1. The third-order valence-electron chi connectivity index (χ3n) is 10.3. The number of nitrogens with zero attached hydrogens (tertiary/aromatic N) is 1. The van der Waals surface area contributed by atoms with Gasteiger partial charge in [-0.3, -0.25) is 0 Å². The molecule has 0 saturated carbocycles. The molecule has 259 valence electrons. The van der Waals surface area contributed by atoms with Crippen LogP contribution in [0.3, 0.4) is 0 Å². The predicted octanol–water partition coefficient (Wildman–Crippen LogP) is 12.7. The maximum atomic E-state index is 4.12. The van der Waals surface area contributed by atoms with E-state index in [2.05, 4.69) is 197 Å². The molecule has 8 rings (SSSR count). The Morgan fingerprint density at radius 3 is 1.32 bits per heavy atom. The van der Waals surface area contributed by atoms with Crippen molar-refractivity contribution in [2.24, 2.45) is 0 Å². The van der Waals surface area contributed by atoms with Gasteiger partial charge in [-0.2, -0.15) is 0 Å². The van der Waals surface area contributed by atoms with E-state index in [9.17, 15) is 0 Å². The third kappa shape index (κ3) is 7.57. The van der Waals surface area contributed by atoms with Crippen LogP contribution in [0.4, 0.5) is 0 Å². The number of hydrogen-bond donors (Lipinski definition) is 0. The maximum Gasteiger partial charge on any atom is 0.115 e. The van der Waals surface area contributed by atoms with Gasteiger partial charge in [-0.15, -0.1) is 29.8 Å². The fraction of sp³-hybridized carbons (Fsp3) is 0.0588. The number of rotatable bonds is 8. The minimum absolute atomic E-state index is 0. The molecule has 0 aliphatic carbocycles. The molecule has 1 nitrogen and oxygen atoms in total. The van der Waals surface area contributed by atoms with Crippen molar-refractivity contribution in [3.63, 3.8) is 0 Å². The van der Waals surface area contributed by atoms with Gasteiger partial charge in [-0.05, 0) is 85.5 Å². The molecule has 0 bridgehead atoms. The molecule has 2 heteroatoms. The average molecular weight is 859 g/mol. The van der Waals surface area contributed by atoms with Gasteiger partial charge in [0.25, 0.3) is 0 Å². The van der Waals surface area contributed by atoms with Gasteiger partial charge in [0.05, 0.1) is 6.20 Å². The SMILES string of the molecule is [CH2-][n+]1ccccc1-c1[c-]ccc(-c2ccc(-c3cccc(-c4cccc(-c5cccc(-c6ccc(C(C)(C)c7ccccc7)cc6)c5)c4)c3)cc2)c1.[Ir]. The average Bonchev–Trinajstić information content (AvgIpc) is 3.22. The summed E-state index contributed by atoms with van der Waals surface area (Å²) in [5, 5.41) is 0. The molecule has 7 aromatic carbocycles. The third-order valence-corrected chi connectivity index (χ3v) is 10.3. The Hall–Kier alpha value is -5.79. The van der Waals surface area contributed by atoms with E-state index in [4.69, 9.17) is 0 Å². The van der Waals surface area contributed by atoms with E-state index in [0.717, 1.165) is 16.8 Å². The van der Waals surface area contributed by atoms with Crippen molar-refractivity contribution in [1.29, 1.82) is 0 Å². The molecule has 1 radical (unpaired) electrons. The summed E-state index contributed by atoms with van der Waals surface area (Å²) in [7, 11) is 4.12. The Kier molecular flexibility index (Phi) is 10.4. The first-order chi connectivity index (χ1) is 25.4. The smallest absolute Gasteiger partial charge is 0.115 e. The van der Waals surface area contributed by atoms with E-state index < -0.39 is 0 Å². The van der Waals surface area contributed by atoms with Crippen LogP contribution < -0.4 is 4.57 Å². The Labute approximate surface area is 327 Å². The van der Waals surface area contributed by atoms with Crippen LogP contribution in [0.5, 0.6) is 0 Å². The van der Waals surface area contributed by atoms with Gasteiger partial charge < -0.3 is 4.57 Å². The zero-order valence-electron chi connectivity index (χ0n) is 30.0. The molecule has 53 heavy (non-hydrogen) atoms. The summed E-state index contributed by atoms with van der Waals surface area (Å²) in [6.45, 7) is 4.59. The summed E-state index contributed by atoms with van der Waals surface area (Å²) in [5.41, 5.74) is 16.6. The van der Waals surface area contributed by atoms with Crippen molar-refractivity contribution in [3.8, 4) is 66.9 Å². The zero-order valence-corrected chi connectivity index (χ0v) is 32.4. The van der Waals surface area contributed by atoms with Crippen LogP contribution in [0.15, 0.2) is 194 Å². The molecule has 1 aromatic heterocycles. The minimum Gasteiger partial charge on any atom is -0.321 e. The maximum absolute atomic E-state index is 4.12. The van der Waals surface area contributed by atoms with Crippen molar-refractivity contribution < 1.29 is 24.7 Å². The largest absolute Gasteiger partial charge is 0.321 e. The molecule has 1 heterocycles. The molecule has 8 aromatic rings.